The first kappa shape index (κ1) is 10.8. The fraction of sp³-hybridized carbons (Fsp3) is 0.417. The van der Waals surface area contributed by atoms with Gasteiger partial charge in [0, 0.05) is 18.3 Å². The first-order valence-electron chi connectivity index (χ1n) is 5.35. The molecule has 1 saturated carbocycles. The molecule has 0 heterocycles. The van der Waals surface area contributed by atoms with Crippen LogP contribution >= 0.6 is 0 Å². The molecule has 0 saturated heterocycles. The molecule has 2 rings (SSSR count). The van der Waals surface area contributed by atoms with E-state index in [2.05, 4.69) is 10.1 Å². The summed E-state index contributed by atoms with van der Waals surface area (Å²) in [6.45, 7) is 0.893. The van der Waals surface area contributed by atoms with Crippen molar-refractivity contribution in [1.82, 2.24) is 0 Å². The van der Waals surface area contributed by atoms with E-state index in [0.717, 1.165) is 18.2 Å². The molecule has 1 aromatic carbocycles. The Hall–Kier alpha value is -1.71. The van der Waals surface area contributed by atoms with Gasteiger partial charge in [0.1, 0.15) is 5.75 Å². The summed E-state index contributed by atoms with van der Waals surface area (Å²) in [5.41, 5.74) is 1.12. The minimum absolute atomic E-state index is 0.0706. The lowest BCUT2D eigenvalue weighted by atomic mass is 10.2. The molecule has 0 spiro atoms. The van der Waals surface area contributed by atoms with E-state index in [1.807, 2.05) is 0 Å². The predicted molar refractivity (Wildman–Crippen MR) is 60.7 cm³/mol. The average molecular weight is 221 g/mol. The summed E-state index contributed by atoms with van der Waals surface area (Å²) in [4.78, 5) is 11.3. The van der Waals surface area contributed by atoms with Gasteiger partial charge in [0.05, 0.1) is 12.7 Å². The molecule has 1 aliphatic carbocycles. The van der Waals surface area contributed by atoms with Gasteiger partial charge in [0.15, 0.2) is 0 Å². The van der Waals surface area contributed by atoms with Crippen molar-refractivity contribution in [3.8, 4) is 5.75 Å². The van der Waals surface area contributed by atoms with Crippen LogP contribution in [0.15, 0.2) is 18.2 Å². The van der Waals surface area contributed by atoms with Crippen molar-refractivity contribution in [2.75, 3.05) is 19.0 Å². The second-order valence-corrected chi connectivity index (χ2v) is 4.08. The standard InChI is InChI=1S/C12H15NO3/c1-16-12(15)9-4-10(6-11(14)5-9)13-7-8-2-3-8/h4-6,8,13-14H,2-3,7H2,1H3. The zero-order valence-electron chi connectivity index (χ0n) is 9.19. The van der Waals surface area contributed by atoms with E-state index in [1.54, 1.807) is 12.1 Å². The normalized spacial score (nSPS) is 14.6. The molecule has 0 unspecified atom stereocenters. The van der Waals surface area contributed by atoms with Gasteiger partial charge in [0.2, 0.25) is 0 Å². The van der Waals surface area contributed by atoms with Crippen LogP contribution in [0.4, 0.5) is 5.69 Å². The third kappa shape index (κ3) is 2.66. The lowest BCUT2D eigenvalue weighted by Crippen LogP contribution is -2.06. The second-order valence-electron chi connectivity index (χ2n) is 4.08. The van der Waals surface area contributed by atoms with Gasteiger partial charge >= 0.3 is 5.97 Å². The van der Waals surface area contributed by atoms with Crippen molar-refractivity contribution in [2.24, 2.45) is 5.92 Å². The van der Waals surface area contributed by atoms with Crippen molar-refractivity contribution < 1.29 is 14.6 Å². The molecular formula is C12H15NO3. The number of carbonyl (C=O) groups is 1. The fourth-order valence-electron chi connectivity index (χ4n) is 1.53. The molecule has 0 atom stereocenters. The number of esters is 1. The lowest BCUT2D eigenvalue weighted by molar-refractivity contribution is 0.0600. The molecule has 1 aliphatic rings. The summed E-state index contributed by atoms with van der Waals surface area (Å²) >= 11 is 0. The Morgan fingerprint density at radius 1 is 1.50 bits per heavy atom. The highest BCUT2D eigenvalue weighted by Crippen LogP contribution is 2.29. The van der Waals surface area contributed by atoms with Crippen LogP contribution < -0.4 is 5.32 Å². The molecule has 0 radical (unpaired) electrons. The van der Waals surface area contributed by atoms with Gasteiger partial charge in [-0.1, -0.05) is 0 Å². The van der Waals surface area contributed by atoms with Crippen LogP contribution in [0.25, 0.3) is 0 Å². The van der Waals surface area contributed by atoms with E-state index in [4.69, 9.17) is 0 Å². The zero-order valence-corrected chi connectivity index (χ0v) is 9.19. The summed E-state index contributed by atoms with van der Waals surface area (Å²) in [5, 5.41) is 12.7. The third-order valence-corrected chi connectivity index (χ3v) is 2.63. The maximum absolute atomic E-state index is 11.3. The van der Waals surface area contributed by atoms with Gasteiger partial charge in [-0.2, -0.15) is 0 Å². The third-order valence-electron chi connectivity index (χ3n) is 2.63. The zero-order chi connectivity index (χ0) is 11.5. The van der Waals surface area contributed by atoms with Crippen molar-refractivity contribution in [1.29, 1.82) is 0 Å². The fourth-order valence-corrected chi connectivity index (χ4v) is 1.53. The molecule has 1 aromatic rings. The molecular weight excluding hydrogens is 206 g/mol. The average Bonchev–Trinajstić information content (AvgIpc) is 3.08. The number of ether oxygens (including phenoxy) is 1. The second kappa shape index (κ2) is 4.43. The Kier molecular flexibility index (Phi) is 2.99. The number of nitrogens with one attached hydrogen (secondary N) is 1. The summed E-state index contributed by atoms with van der Waals surface area (Å²) < 4.78 is 4.61. The molecule has 0 aliphatic heterocycles. The molecule has 0 amide bonds. The van der Waals surface area contributed by atoms with Crippen LogP contribution in [-0.4, -0.2) is 24.7 Å². The van der Waals surface area contributed by atoms with Crippen LogP contribution in [0.5, 0.6) is 5.75 Å². The number of rotatable bonds is 4. The van der Waals surface area contributed by atoms with Crippen molar-refractivity contribution in [3.63, 3.8) is 0 Å². The SMILES string of the molecule is COC(=O)c1cc(O)cc(NCC2CC2)c1. The quantitative estimate of drug-likeness (QED) is 0.763. The minimum atomic E-state index is -0.439. The number of hydrogen-bond donors (Lipinski definition) is 2. The number of methoxy groups -OCH3 is 1. The summed E-state index contributed by atoms with van der Waals surface area (Å²) in [6, 6.07) is 4.69. The first-order chi connectivity index (χ1) is 7.69. The number of anilines is 1. The maximum Gasteiger partial charge on any atom is 0.338 e. The van der Waals surface area contributed by atoms with Gasteiger partial charge in [-0.25, -0.2) is 4.79 Å². The van der Waals surface area contributed by atoms with Crippen LogP contribution in [0.3, 0.4) is 0 Å². The van der Waals surface area contributed by atoms with Crippen molar-refractivity contribution in [3.05, 3.63) is 23.8 Å². The highest BCUT2D eigenvalue weighted by molar-refractivity contribution is 5.91. The van der Waals surface area contributed by atoms with Crippen LogP contribution in [0, 0.1) is 5.92 Å². The van der Waals surface area contributed by atoms with Crippen LogP contribution in [0.2, 0.25) is 0 Å². The van der Waals surface area contributed by atoms with E-state index in [1.165, 1.54) is 26.0 Å². The Morgan fingerprint density at radius 2 is 2.25 bits per heavy atom. The number of hydrogen-bond acceptors (Lipinski definition) is 4. The largest absolute Gasteiger partial charge is 0.508 e. The molecule has 86 valence electrons. The molecule has 16 heavy (non-hydrogen) atoms. The molecule has 1 fully saturated rings. The van der Waals surface area contributed by atoms with Crippen LogP contribution in [-0.2, 0) is 4.74 Å². The Balaban J connectivity index is 2.10. The monoisotopic (exact) mass is 221 g/mol. The predicted octanol–water partition coefficient (Wildman–Crippen LogP) is 2.00. The van der Waals surface area contributed by atoms with Gasteiger partial charge in [-0.3, -0.25) is 0 Å². The summed E-state index contributed by atoms with van der Waals surface area (Å²) in [7, 11) is 1.32. The molecule has 4 heteroatoms. The van der Waals surface area contributed by atoms with E-state index in [0.29, 0.717) is 5.56 Å². The molecule has 0 aromatic heterocycles. The summed E-state index contributed by atoms with van der Waals surface area (Å²) in [6.07, 6.45) is 2.52. The van der Waals surface area contributed by atoms with Crippen LogP contribution in [0.1, 0.15) is 23.2 Å². The van der Waals surface area contributed by atoms with Crippen molar-refractivity contribution >= 4 is 11.7 Å². The summed E-state index contributed by atoms with van der Waals surface area (Å²) in [5.74, 6) is 0.371. The molecule has 4 nitrogen and oxygen atoms in total. The maximum atomic E-state index is 11.3. The first-order valence-corrected chi connectivity index (χ1v) is 5.35. The van der Waals surface area contributed by atoms with E-state index >= 15 is 0 Å². The highest BCUT2D eigenvalue weighted by atomic mass is 16.5. The number of benzene rings is 1. The molecule has 0 bridgehead atoms. The van der Waals surface area contributed by atoms with E-state index < -0.39 is 5.97 Å². The van der Waals surface area contributed by atoms with Gasteiger partial charge in [-0.05, 0) is 30.9 Å². The van der Waals surface area contributed by atoms with E-state index in [-0.39, 0.29) is 5.75 Å². The highest BCUT2D eigenvalue weighted by Gasteiger charge is 2.20. The lowest BCUT2D eigenvalue weighted by Gasteiger charge is -2.08. The Labute approximate surface area is 94.2 Å². The molecule has 2 N–H and O–H groups in total. The number of carbonyl (C=O) groups excluding carboxylic acids is 1. The Morgan fingerprint density at radius 3 is 2.88 bits per heavy atom. The smallest absolute Gasteiger partial charge is 0.338 e. The number of aromatic hydroxyl groups is 1. The number of phenols is 1. The van der Waals surface area contributed by atoms with Gasteiger partial charge in [0.25, 0.3) is 0 Å². The van der Waals surface area contributed by atoms with Crippen molar-refractivity contribution in [2.45, 2.75) is 12.8 Å². The van der Waals surface area contributed by atoms with Gasteiger partial charge < -0.3 is 15.2 Å². The van der Waals surface area contributed by atoms with E-state index in [9.17, 15) is 9.90 Å². The Bertz CT molecular complexity index is 399. The minimum Gasteiger partial charge on any atom is -0.508 e. The number of phenolic OH excluding ortho intramolecular Hbond substituents is 1. The van der Waals surface area contributed by atoms with Gasteiger partial charge in [-0.15, -0.1) is 0 Å². The topological polar surface area (TPSA) is 58.6 Å².